The summed E-state index contributed by atoms with van der Waals surface area (Å²) < 4.78 is 6.36. The van der Waals surface area contributed by atoms with E-state index in [1.165, 1.54) is 5.56 Å². The first-order valence-corrected chi connectivity index (χ1v) is 13.0. The molecule has 0 spiro atoms. The van der Waals surface area contributed by atoms with Crippen LogP contribution in [0.15, 0.2) is 84.9 Å². The van der Waals surface area contributed by atoms with Crippen LogP contribution in [0.2, 0.25) is 0 Å². The van der Waals surface area contributed by atoms with Gasteiger partial charge in [-0.05, 0) is 42.6 Å². The van der Waals surface area contributed by atoms with Crippen molar-refractivity contribution in [3.8, 4) is 5.75 Å². The van der Waals surface area contributed by atoms with Gasteiger partial charge in [-0.2, -0.15) is 0 Å². The molecule has 0 bridgehead atoms. The summed E-state index contributed by atoms with van der Waals surface area (Å²) in [5, 5.41) is 3.84. The maximum absolute atomic E-state index is 13.7. The summed E-state index contributed by atoms with van der Waals surface area (Å²) in [5.74, 6) is 1.69. The maximum Gasteiger partial charge on any atom is 0.256 e. The maximum atomic E-state index is 13.7. The highest BCUT2D eigenvalue weighted by molar-refractivity contribution is 6.01. The zero-order chi connectivity index (χ0) is 24.5. The molecule has 6 rings (SSSR count). The van der Waals surface area contributed by atoms with Crippen LogP contribution in [0.5, 0.6) is 5.75 Å². The highest BCUT2D eigenvalue weighted by atomic mass is 16.5. The average Bonchev–Trinajstić information content (AvgIpc) is 3.42. The molecule has 2 heterocycles. The van der Waals surface area contributed by atoms with Crippen molar-refractivity contribution < 1.29 is 9.53 Å². The lowest BCUT2D eigenvalue weighted by Crippen LogP contribution is -2.47. The van der Waals surface area contributed by atoms with Crippen molar-refractivity contribution >= 4 is 11.6 Å². The number of ether oxygens (including phenoxy) is 1. The molecule has 0 aromatic heterocycles. The number of allylic oxidation sites excluding steroid dienone is 2. The van der Waals surface area contributed by atoms with Gasteiger partial charge in [-0.15, -0.1) is 0 Å². The number of fused-ring (bicyclic) bond motifs is 3. The average molecular weight is 480 g/mol. The number of likely N-dealkylation sites (N-methyl/N-ethyl adjacent to an activating group) is 1. The van der Waals surface area contributed by atoms with Crippen molar-refractivity contribution in [2.75, 3.05) is 38.5 Å². The molecule has 5 nitrogen and oxygen atoms in total. The van der Waals surface area contributed by atoms with Crippen LogP contribution in [0.3, 0.4) is 0 Å². The number of carbonyl (C=O) groups is 1. The Hall–Kier alpha value is -3.57. The van der Waals surface area contributed by atoms with Crippen LogP contribution in [-0.4, -0.2) is 48.9 Å². The number of nitrogens with zero attached hydrogens (tertiary/aromatic N) is 2. The van der Waals surface area contributed by atoms with E-state index in [0.29, 0.717) is 12.5 Å². The fraction of sp³-hybridized carbons (Fsp3) is 0.323. The molecule has 3 aromatic carbocycles. The predicted octanol–water partition coefficient (Wildman–Crippen LogP) is 5.48. The second kappa shape index (κ2) is 9.82. The first-order chi connectivity index (χ1) is 17.7. The number of nitrogens with one attached hydrogen (secondary N) is 1. The van der Waals surface area contributed by atoms with Crippen LogP contribution in [0.1, 0.15) is 45.4 Å². The van der Waals surface area contributed by atoms with Gasteiger partial charge in [-0.25, -0.2) is 0 Å². The minimum absolute atomic E-state index is 0.0610. The molecule has 1 amide bonds. The van der Waals surface area contributed by atoms with Gasteiger partial charge < -0.3 is 19.9 Å². The Morgan fingerprint density at radius 3 is 2.50 bits per heavy atom. The van der Waals surface area contributed by atoms with E-state index >= 15 is 0 Å². The minimum atomic E-state index is 0.0610. The number of anilines is 1. The van der Waals surface area contributed by atoms with Crippen LogP contribution in [0, 0.1) is 5.92 Å². The molecule has 0 radical (unpaired) electrons. The number of carbonyl (C=O) groups excluding carboxylic acids is 1. The number of benzene rings is 3. The Morgan fingerprint density at radius 2 is 1.67 bits per heavy atom. The van der Waals surface area contributed by atoms with Gasteiger partial charge in [0.15, 0.2) is 0 Å². The number of amides is 1. The SMILES string of the molecule is CN1CCN(C(=O)c2cccc3c2NC(c2ccccc2OCc2ccccc2)C2CC=CC32)CC1. The van der Waals surface area contributed by atoms with E-state index in [-0.39, 0.29) is 17.9 Å². The van der Waals surface area contributed by atoms with Crippen molar-refractivity contribution in [1.82, 2.24) is 9.80 Å². The molecule has 1 aliphatic carbocycles. The molecule has 1 fully saturated rings. The smallest absolute Gasteiger partial charge is 0.256 e. The van der Waals surface area contributed by atoms with Crippen molar-refractivity contribution in [2.24, 2.45) is 5.92 Å². The zero-order valence-corrected chi connectivity index (χ0v) is 20.8. The molecule has 2 aliphatic heterocycles. The van der Waals surface area contributed by atoms with Gasteiger partial charge in [-0.3, -0.25) is 4.79 Å². The molecular formula is C31H33N3O2. The van der Waals surface area contributed by atoms with Gasteiger partial charge in [-0.1, -0.05) is 72.8 Å². The number of hydrogen-bond acceptors (Lipinski definition) is 4. The molecule has 184 valence electrons. The second-order valence-corrected chi connectivity index (χ2v) is 10.2. The number of rotatable bonds is 5. The molecule has 3 aliphatic rings. The minimum Gasteiger partial charge on any atom is -0.489 e. The van der Waals surface area contributed by atoms with E-state index in [1.54, 1.807) is 0 Å². The first kappa shape index (κ1) is 22.9. The summed E-state index contributed by atoms with van der Waals surface area (Å²) in [5.41, 5.74) is 5.29. The zero-order valence-electron chi connectivity index (χ0n) is 20.8. The summed E-state index contributed by atoms with van der Waals surface area (Å²) in [6.45, 7) is 3.89. The summed E-state index contributed by atoms with van der Waals surface area (Å²) in [4.78, 5) is 17.9. The molecule has 1 N–H and O–H groups in total. The fourth-order valence-corrected chi connectivity index (χ4v) is 5.89. The van der Waals surface area contributed by atoms with Crippen LogP contribution < -0.4 is 10.1 Å². The molecule has 5 heteroatoms. The monoisotopic (exact) mass is 479 g/mol. The first-order valence-electron chi connectivity index (χ1n) is 13.0. The summed E-state index contributed by atoms with van der Waals surface area (Å²) in [6, 6.07) is 24.9. The normalized spacial score (nSPS) is 23.0. The third kappa shape index (κ3) is 4.28. The van der Waals surface area contributed by atoms with Crippen molar-refractivity contribution in [3.05, 3.63) is 107 Å². The van der Waals surface area contributed by atoms with Crippen LogP contribution in [0.4, 0.5) is 5.69 Å². The summed E-state index contributed by atoms with van der Waals surface area (Å²) in [7, 11) is 2.11. The quantitative estimate of drug-likeness (QED) is 0.492. The van der Waals surface area contributed by atoms with Crippen LogP contribution in [0.25, 0.3) is 0 Å². The lowest BCUT2D eigenvalue weighted by molar-refractivity contribution is 0.0664. The Bertz CT molecular complexity index is 1260. The van der Waals surface area contributed by atoms with E-state index in [2.05, 4.69) is 65.8 Å². The fourth-order valence-electron chi connectivity index (χ4n) is 5.89. The second-order valence-electron chi connectivity index (χ2n) is 10.2. The highest BCUT2D eigenvalue weighted by Crippen LogP contribution is 2.52. The Morgan fingerprint density at radius 1 is 0.917 bits per heavy atom. The third-order valence-corrected chi connectivity index (χ3v) is 7.91. The standard InChI is InChI=1S/C31H33N3O2/c1-33-17-19-34(20-18-33)31(35)27-15-8-14-25-23-12-7-13-24(23)29(32-30(25)27)26-11-5-6-16-28(26)36-21-22-9-3-2-4-10-22/h2-12,14-16,23-24,29,32H,13,17-21H2,1H3. The van der Waals surface area contributed by atoms with E-state index < -0.39 is 0 Å². The Kier molecular flexibility index (Phi) is 6.24. The van der Waals surface area contributed by atoms with E-state index in [9.17, 15) is 4.79 Å². The Balaban J connectivity index is 1.33. The molecule has 0 saturated carbocycles. The van der Waals surface area contributed by atoms with Crippen LogP contribution in [-0.2, 0) is 6.61 Å². The van der Waals surface area contributed by atoms with Gasteiger partial charge in [0.2, 0.25) is 0 Å². The lowest BCUT2D eigenvalue weighted by Gasteiger charge is -2.39. The molecule has 36 heavy (non-hydrogen) atoms. The summed E-state index contributed by atoms with van der Waals surface area (Å²) >= 11 is 0. The van der Waals surface area contributed by atoms with Crippen molar-refractivity contribution in [2.45, 2.75) is 25.0 Å². The third-order valence-electron chi connectivity index (χ3n) is 7.91. The molecule has 3 atom stereocenters. The van der Waals surface area contributed by atoms with Crippen molar-refractivity contribution in [1.29, 1.82) is 0 Å². The lowest BCUT2D eigenvalue weighted by atomic mass is 9.76. The number of hydrogen-bond donors (Lipinski definition) is 1. The van der Waals surface area contributed by atoms with E-state index in [0.717, 1.165) is 60.7 Å². The largest absolute Gasteiger partial charge is 0.489 e. The topological polar surface area (TPSA) is 44.8 Å². The van der Waals surface area contributed by atoms with Crippen molar-refractivity contribution in [3.63, 3.8) is 0 Å². The van der Waals surface area contributed by atoms with E-state index in [4.69, 9.17) is 4.74 Å². The molecule has 1 saturated heterocycles. The number of piperazine rings is 1. The Labute approximate surface area is 213 Å². The van der Waals surface area contributed by atoms with Gasteiger partial charge in [0.05, 0.1) is 17.3 Å². The summed E-state index contributed by atoms with van der Waals surface area (Å²) in [6.07, 6.45) is 5.63. The van der Waals surface area contributed by atoms with Gasteiger partial charge in [0.1, 0.15) is 12.4 Å². The number of para-hydroxylation sites is 2. The highest BCUT2D eigenvalue weighted by Gasteiger charge is 2.40. The van der Waals surface area contributed by atoms with Gasteiger partial charge >= 0.3 is 0 Å². The molecule has 3 unspecified atom stereocenters. The molecule has 3 aromatic rings. The van der Waals surface area contributed by atoms with Crippen LogP contribution >= 0.6 is 0 Å². The van der Waals surface area contributed by atoms with Gasteiger partial charge in [0, 0.05) is 37.7 Å². The van der Waals surface area contributed by atoms with Gasteiger partial charge in [0.25, 0.3) is 5.91 Å². The molecular weight excluding hydrogens is 446 g/mol. The van der Waals surface area contributed by atoms with E-state index in [1.807, 2.05) is 41.3 Å². The predicted molar refractivity (Wildman–Crippen MR) is 143 cm³/mol.